The molecular formula is C15H21N3O. The van der Waals surface area contributed by atoms with Crippen LogP contribution in [0.2, 0.25) is 0 Å². The van der Waals surface area contributed by atoms with Crippen molar-refractivity contribution in [3.05, 3.63) is 29.8 Å². The molecule has 0 saturated carbocycles. The van der Waals surface area contributed by atoms with Crippen molar-refractivity contribution >= 4 is 11.6 Å². The molecule has 0 spiro atoms. The number of benzene rings is 1. The summed E-state index contributed by atoms with van der Waals surface area (Å²) in [6.07, 6.45) is 3.81. The third-order valence-corrected chi connectivity index (χ3v) is 4.32. The first-order chi connectivity index (χ1) is 9.25. The molecule has 4 heteroatoms. The molecular weight excluding hydrogens is 238 g/mol. The highest BCUT2D eigenvalue weighted by molar-refractivity contribution is 5.99. The van der Waals surface area contributed by atoms with E-state index in [1.165, 1.54) is 25.8 Å². The second-order valence-corrected chi connectivity index (χ2v) is 5.52. The lowest BCUT2D eigenvalue weighted by molar-refractivity contribution is 0.0373. The van der Waals surface area contributed by atoms with Gasteiger partial charge in [-0.2, -0.15) is 0 Å². The van der Waals surface area contributed by atoms with Crippen LogP contribution in [-0.2, 0) is 0 Å². The van der Waals surface area contributed by atoms with Crippen LogP contribution in [0.15, 0.2) is 24.3 Å². The van der Waals surface area contributed by atoms with E-state index >= 15 is 0 Å². The molecule has 2 fully saturated rings. The van der Waals surface area contributed by atoms with Crippen molar-refractivity contribution in [2.45, 2.75) is 25.3 Å². The molecule has 1 atom stereocenters. The van der Waals surface area contributed by atoms with Gasteiger partial charge in [-0.1, -0.05) is 18.6 Å². The minimum atomic E-state index is 0.0864. The maximum absolute atomic E-state index is 12.5. The van der Waals surface area contributed by atoms with E-state index in [9.17, 15) is 4.79 Å². The number of nitrogen functional groups attached to an aromatic ring is 1. The lowest BCUT2D eigenvalue weighted by atomic mass is 9.99. The number of hydrogen-bond donors (Lipinski definition) is 1. The number of nitrogens with two attached hydrogens (primary N) is 1. The largest absolute Gasteiger partial charge is 0.398 e. The summed E-state index contributed by atoms with van der Waals surface area (Å²) in [5.74, 6) is 0.0864. The minimum absolute atomic E-state index is 0.0864. The summed E-state index contributed by atoms with van der Waals surface area (Å²) in [6.45, 7) is 3.88. The lowest BCUT2D eigenvalue weighted by Gasteiger charge is -2.44. The van der Waals surface area contributed by atoms with Crippen LogP contribution < -0.4 is 5.73 Å². The van der Waals surface area contributed by atoms with Gasteiger partial charge in [0.05, 0.1) is 5.56 Å². The molecule has 0 aliphatic carbocycles. The van der Waals surface area contributed by atoms with Crippen molar-refractivity contribution in [2.75, 3.05) is 31.9 Å². The van der Waals surface area contributed by atoms with Crippen molar-refractivity contribution in [1.29, 1.82) is 0 Å². The maximum atomic E-state index is 12.5. The monoisotopic (exact) mass is 259 g/mol. The smallest absolute Gasteiger partial charge is 0.256 e. The highest BCUT2D eigenvalue weighted by atomic mass is 16.2. The first kappa shape index (κ1) is 12.5. The molecule has 1 aromatic rings. The fraction of sp³-hybridized carbons (Fsp3) is 0.533. The Morgan fingerprint density at radius 1 is 1.16 bits per heavy atom. The third kappa shape index (κ3) is 2.45. The standard InChI is InChI=1S/C15H21N3O/c16-14-7-2-1-6-13(14)15(19)18-10-9-17-8-4-3-5-12(17)11-18/h1-2,6-7,12H,3-5,8-11,16H2. The summed E-state index contributed by atoms with van der Waals surface area (Å²) in [4.78, 5) is 17.0. The van der Waals surface area contributed by atoms with E-state index in [1.807, 2.05) is 23.1 Å². The maximum Gasteiger partial charge on any atom is 0.256 e. The van der Waals surface area contributed by atoms with E-state index < -0.39 is 0 Å². The Morgan fingerprint density at radius 3 is 2.84 bits per heavy atom. The Morgan fingerprint density at radius 2 is 2.00 bits per heavy atom. The first-order valence-electron chi connectivity index (χ1n) is 7.13. The summed E-state index contributed by atoms with van der Waals surface area (Å²) in [6, 6.07) is 7.91. The molecule has 1 aromatic carbocycles. The molecule has 102 valence electrons. The minimum Gasteiger partial charge on any atom is -0.398 e. The lowest BCUT2D eigenvalue weighted by Crippen LogP contribution is -2.56. The summed E-state index contributed by atoms with van der Waals surface area (Å²) < 4.78 is 0. The van der Waals surface area contributed by atoms with Crippen molar-refractivity contribution in [3.63, 3.8) is 0 Å². The predicted molar refractivity (Wildman–Crippen MR) is 76.0 cm³/mol. The van der Waals surface area contributed by atoms with Crippen LogP contribution in [-0.4, -0.2) is 47.9 Å². The van der Waals surface area contributed by atoms with Crippen molar-refractivity contribution < 1.29 is 4.79 Å². The first-order valence-corrected chi connectivity index (χ1v) is 7.13. The number of nitrogens with zero attached hydrogens (tertiary/aromatic N) is 2. The molecule has 2 N–H and O–H groups in total. The number of piperazine rings is 1. The summed E-state index contributed by atoms with van der Waals surface area (Å²) in [7, 11) is 0. The van der Waals surface area contributed by atoms with E-state index in [0.717, 1.165) is 19.6 Å². The molecule has 1 unspecified atom stereocenters. The molecule has 4 nitrogen and oxygen atoms in total. The number of fused-ring (bicyclic) bond motifs is 1. The highest BCUT2D eigenvalue weighted by Gasteiger charge is 2.31. The quantitative estimate of drug-likeness (QED) is 0.779. The molecule has 0 radical (unpaired) electrons. The van der Waals surface area contributed by atoms with Crippen LogP contribution in [0.5, 0.6) is 0 Å². The number of carbonyl (C=O) groups is 1. The summed E-state index contributed by atoms with van der Waals surface area (Å²) in [5.41, 5.74) is 7.13. The van der Waals surface area contributed by atoms with Gasteiger partial charge in [0.15, 0.2) is 0 Å². The SMILES string of the molecule is Nc1ccccc1C(=O)N1CCN2CCCCC2C1. The van der Waals surface area contributed by atoms with Gasteiger partial charge in [-0.15, -0.1) is 0 Å². The van der Waals surface area contributed by atoms with Crippen LogP contribution in [0.1, 0.15) is 29.6 Å². The van der Waals surface area contributed by atoms with Gasteiger partial charge in [0.2, 0.25) is 0 Å². The molecule has 2 saturated heterocycles. The van der Waals surface area contributed by atoms with Gasteiger partial charge in [-0.3, -0.25) is 9.69 Å². The van der Waals surface area contributed by atoms with Gasteiger partial charge < -0.3 is 10.6 Å². The summed E-state index contributed by atoms with van der Waals surface area (Å²) in [5, 5.41) is 0. The van der Waals surface area contributed by atoms with Crippen LogP contribution in [0.25, 0.3) is 0 Å². The Hall–Kier alpha value is -1.55. The number of anilines is 1. The second kappa shape index (κ2) is 5.21. The molecule has 2 aliphatic rings. The molecule has 3 rings (SSSR count). The van der Waals surface area contributed by atoms with E-state index in [0.29, 0.717) is 17.3 Å². The molecule has 0 aromatic heterocycles. The zero-order valence-electron chi connectivity index (χ0n) is 11.2. The Labute approximate surface area is 114 Å². The molecule has 2 aliphatic heterocycles. The molecule has 0 bridgehead atoms. The van der Waals surface area contributed by atoms with Crippen LogP contribution in [0, 0.1) is 0 Å². The van der Waals surface area contributed by atoms with Crippen molar-refractivity contribution in [1.82, 2.24) is 9.80 Å². The topological polar surface area (TPSA) is 49.6 Å². The van der Waals surface area contributed by atoms with Crippen molar-refractivity contribution in [2.24, 2.45) is 0 Å². The average Bonchev–Trinajstić information content (AvgIpc) is 2.46. The van der Waals surface area contributed by atoms with Crippen molar-refractivity contribution in [3.8, 4) is 0 Å². The Kier molecular flexibility index (Phi) is 3.42. The zero-order chi connectivity index (χ0) is 13.2. The van der Waals surface area contributed by atoms with Gasteiger partial charge in [0.1, 0.15) is 0 Å². The number of amides is 1. The Bertz CT molecular complexity index is 474. The number of piperidine rings is 1. The molecule has 19 heavy (non-hydrogen) atoms. The fourth-order valence-electron chi connectivity index (χ4n) is 3.20. The Balaban J connectivity index is 1.73. The number of para-hydroxylation sites is 1. The van der Waals surface area contributed by atoms with Crippen LogP contribution in [0.4, 0.5) is 5.69 Å². The van der Waals surface area contributed by atoms with Crippen LogP contribution >= 0.6 is 0 Å². The predicted octanol–water partition coefficient (Wildman–Crippen LogP) is 1.58. The van der Waals surface area contributed by atoms with Gasteiger partial charge in [0.25, 0.3) is 5.91 Å². The number of rotatable bonds is 1. The van der Waals surface area contributed by atoms with E-state index in [2.05, 4.69) is 4.90 Å². The third-order valence-electron chi connectivity index (χ3n) is 4.32. The van der Waals surface area contributed by atoms with Crippen LogP contribution in [0.3, 0.4) is 0 Å². The van der Waals surface area contributed by atoms with Gasteiger partial charge in [-0.05, 0) is 31.5 Å². The second-order valence-electron chi connectivity index (χ2n) is 5.52. The van der Waals surface area contributed by atoms with Gasteiger partial charge in [0, 0.05) is 31.4 Å². The van der Waals surface area contributed by atoms with E-state index in [4.69, 9.17) is 5.73 Å². The van der Waals surface area contributed by atoms with Gasteiger partial charge in [-0.25, -0.2) is 0 Å². The summed E-state index contributed by atoms with van der Waals surface area (Å²) >= 11 is 0. The van der Waals surface area contributed by atoms with E-state index in [1.54, 1.807) is 6.07 Å². The zero-order valence-corrected chi connectivity index (χ0v) is 11.2. The highest BCUT2D eigenvalue weighted by Crippen LogP contribution is 2.23. The molecule has 1 amide bonds. The average molecular weight is 259 g/mol. The van der Waals surface area contributed by atoms with E-state index in [-0.39, 0.29) is 5.91 Å². The normalized spacial score (nSPS) is 24.0. The van der Waals surface area contributed by atoms with Gasteiger partial charge >= 0.3 is 0 Å². The fourth-order valence-corrected chi connectivity index (χ4v) is 3.20. The number of hydrogen-bond acceptors (Lipinski definition) is 3. The number of carbonyl (C=O) groups excluding carboxylic acids is 1. The molecule has 2 heterocycles.